The maximum absolute atomic E-state index is 12.8. The minimum atomic E-state index is -3.58. The molecule has 0 fully saturated rings. The molecule has 0 amide bonds. The van der Waals surface area contributed by atoms with Crippen molar-refractivity contribution >= 4 is 10.0 Å². The fourth-order valence-electron chi connectivity index (χ4n) is 2.57. The molecule has 0 heterocycles. The molecule has 1 aromatic rings. The first-order valence-electron chi connectivity index (χ1n) is 7.68. The van der Waals surface area contributed by atoms with E-state index in [0.717, 1.165) is 24.0 Å². The summed E-state index contributed by atoms with van der Waals surface area (Å²) in [7, 11) is -3.58. The van der Waals surface area contributed by atoms with Crippen LogP contribution in [0.5, 0.6) is 0 Å². The SMILES string of the molecule is C#CCN(CC1=CCC(C)=C(C)C1)S(=O)(=O)c1ccc(C)cc1. The Bertz CT molecular complexity index is 778. The first-order chi connectivity index (χ1) is 10.8. The summed E-state index contributed by atoms with van der Waals surface area (Å²) in [6.07, 6.45) is 9.22. The van der Waals surface area contributed by atoms with Crippen molar-refractivity contribution in [1.29, 1.82) is 0 Å². The lowest BCUT2D eigenvalue weighted by Gasteiger charge is -2.24. The molecule has 0 aliphatic heterocycles. The van der Waals surface area contributed by atoms with Crippen LogP contribution in [0.3, 0.4) is 0 Å². The number of nitrogens with zero attached hydrogens (tertiary/aromatic N) is 1. The summed E-state index contributed by atoms with van der Waals surface area (Å²) in [5, 5.41) is 0. The average Bonchev–Trinajstić information content (AvgIpc) is 2.51. The van der Waals surface area contributed by atoms with Crippen molar-refractivity contribution in [2.24, 2.45) is 0 Å². The minimum absolute atomic E-state index is 0.0787. The molecule has 0 atom stereocenters. The number of allylic oxidation sites excluding steroid dienone is 3. The van der Waals surface area contributed by atoms with Gasteiger partial charge in [0.2, 0.25) is 10.0 Å². The van der Waals surface area contributed by atoms with E-state index in [0.29, 0.717) is 11.4 Å². The summed E-state index contributed by atoms with van der Waals surface area (Å²) in [6, 6.07) is 6.88. The second kappa shape index (κ2) is 7.16. The molecular weight excluding hydrogens is 306 g/mol. The van der Waals surface area contributed by atoms with Crippen LogP contribution in [0.2, 0.25) is 0 Å². The Morgan fingerprint density at radius 1 is 1.13 bits per heavy atom. The highest BCUT2D eigenvalue weighted by atomic mass is 32.2. The van der Waals surface area contributed by atoms with Crippen molar-refractivity contribution in [3.63, 3.8) is 0 Å². The summed E-state index contributed by atoms with van der Waals surface area (Å²) in [5.74, 6) is 2.47. The van der Waals surface area contributed by atoms with Crippen LogP contribution in [0.1, 0.15) is 32.3 Å². The summed E-state index contributed by atoms with van der Waals surface area (Å²) < 4.78 is 27.1. The standard InChI is InChI=1S/C19H23NO2S/c1-5-12-20(14-18-9-8-16(3)17(4)13-18)23(21,22)19-10-6-15(2)7-11-19/h1,6-7,9-11H,8,12-14H2,2-4H3. The number of benzene rings is 1. The van der Waals surface area contributed by atoms with Crippen molar-refractivity contribution in [2.75, 3.05) is 13.1 Å². The van der Waals surface area contributed by atoms with Gasteiger partial charge < -0.3 is 0 Å². The van der Waals surface area contributed by atoms with Crippen LogP contribution in [0.4, 0.5) is 0 Å². The molecule has 4 heteroatoms. The molecule has 0 saturated heterocycles. The lowest BCUT2D eigenvalue weighted by Crippen LogP contribution is -2.33. The topological polar surface area (TPSA) is 37.4 Å². The van der Waals surface area contributed by atoms with Gasteiger partial charge in [0.1, 0.15) is 0 Å². The molecule has 0 bridgehead atoms. The number of sulfonamides is 1. The van der Waals surface area contributed by atoms with Crippen LogP contribution in [-0.2, 0) is 10.0 Å². The van der Waals surface area contributed by atoms with E-state index in [1.807, 2.05) is 6.92 Å². The first-order valence-corrected chi connectivity index (χ1v) is 9.12. The van der Waals surface area contributed by atoms with Crippen molar-refractivity contribution < 1.29 is 8.42 Å². The maximum Gasteiger partial charge on any atom is 0.244 e. The number of hydrogen-bond donors (Lipinski definition) is 0. The zero-order chi connectivity index (χ0) is 17.0. The van der Waals surface area contributed by atoms with E-state index < -0.39 is 10.0 Å². The van der Waals surface area contributed by atoms with Crippen molar-refractivity contribution in [3.8, 4) is 12.3 Å². The summed E-state index contributed by atoms with van der Waals surface area (Å²) in [5.41, 5.74) is 4.81. The second-order valence-electron chi connectivity index (χ2n) is 6.09. The van der Waals surface area contributed by atoms with Crippen LogP contribution < -0.4 is 0 Å². The van der Waals surface area contributed by atoms with Gasteiger partial charge in [-0.3, -0.25) is 0 Å². The highest BCUT2D eigenvalue weighted by Crippen LogP contribution is 2.26. The van der Waals surface area contributed by atoms with Crippen LogP contribution >= 0.6 is 0 Å². The van der Waals surface area contributed by atoms with Gasteiger partial charge in [-0.25, -0.2) is 8.42 Å². The monoisotopic (exact) mass is 329 g/mol. The van der Waals surface area contributed by atoms with E-state index in [2.05, 4.69) is 25.8 Å². The number of terminal acetylenes is 1. The van der Waals surface area contributed by atoms with Gasteiger partial charge in [-0.1, -0.05) is 46.4 Å². The number of rotatable bonds is 5. The van der Waals surface area contributed by atoms with Gasteiger partial charge in [-0.2, -0.15) is 4.31 Å². The Morgan fingerprint density at radius 3 is 2.35 bits per heavy atom. The summed E-state index contributed by atoms with van der Waals surface area (Å²) >= 11 is 0. The van der Waals surface area contributed by atoms with Crippen LogP contribution in [0, 0.1) is 19.3 Å². The maximum atomic E-state index is 12.8. The van der Waals surface area contributed by atoms with Gasteiger partial charge in [-0.15, -0.1) is 6.42 Å². The quantitative estimate of drug-likeness (QED) is 0.610. The van der Waals surface area contributed by atoms with E-state index in [-0.39, 0.29) is 6.54 Å². The summed E-state index contributed by atoms with van der Waals surface area (Å²) in [6.45, 7) is 6.58. The molecule has 1 aliphatic rings. The predicted molar refractivity (Wildman–Crippen MR) is 94.5 cm³/mol. The van der Waals surface area contributed by atoms with Crippen LogP contribution in [-0.4, -0.2) is 25.8 Å². The predicted octanol–water partition coefficient (Wildman–Crippen LogP) is 3.68. The molecule has 0 aromatic heterocycles. The molecule has 2 rings (SSSR count). The van der Waals surface area contributed by atoms with Crippen molar-refractivity contribution in [1.82, 2.24) is 4.31 Å². The minimum Gasteiger partial charge on any atom is -0.207 e. The molecule has 1 aliphatic carbocycles. The molecule has 0 unspecified atom stereocenters. The van der Waals surface area contributed by atoms with Gasteiger partial charge >= 0.3 is 0 Å². The van der Waals surface area contributed by atoms with Gasteiger partial charge in [0.05, 0.1) is 11.4 Å². The fourth-order valence-corrected chi connectivity index (χ4v) is 3.93. The molecule has 0 N–H and O–H groups in total. The lowest BCUT2D eigenvalue weighted by molar-refractivity contribution is 0.467. The lowest BCUT2D eigenvalue weighted by atomic mass is 9.93. The molecule has 0 radical (unpaired) electrons. The third kappa shape index (κ3) is 4.13. The molecule has 122 valence electrons. The van der Waals surface area contributed by atoms with E-state index >= 15 is 0 Å². The van der Waals surface area contributed by atoms with Gasteiger partial charge in [0, 0.05) is 6.54 Å². The Balaban J connectivity index is 2.25. The fraction of sp³-hybridized carbons (Fsp3) is 0.368. The molecule has 1 aromatic carbocycles. The van der Waals surface area contributed by atoms with E-state index in [9.17, 15) is 8.42 Å². The zero-order valence-electron chi connectivity index (χ0n) is 14.0. The molecule has 0 saturated carbocycles. The van der Waals surface area contributed by atoms with Crippen LogP contribution in [0.25, 0.3) is 0 Å². The Morgan fingerprint density at radius 2 is 1.78 bits per heavy atom. The average molecular weight is 329 g/mol. The normalized spacial score (nSPS) is 15.5. The van der Waals surface area contributed by atoms with Crippen LogP contribution in [0.15, 0.2) is 52.0 Å². The number of aryl methyl sites for hydroxylation is 1. The second-order valence-corrected chi connectivity index (χ2v) is 8.03. The molecule has 3 nitrogen and oxygen atoms in total. The van der Waals surface area contributed by atoms with E-state index in [1.54, 1.807) is 24.3 Å². The Labute approximate surface area is 139 Å². The molecule has 23 heavy (non-hydrogen) atoms. The van der Waals surface area contributed by atoms with E-state index in [1.165, 1.54) is 15.5 Å². The third-order valence-electron chi connectivity index (χ3n) is 4.22. The molecular formula is C19H23NO2S. The first kappa shape index (κ1) is 17.5. The number of hydrogen-bond acceptors (Lipinski definition) is 2. The van der Waals surface area contributed by atoms with Gasteiger partial charge in [0.25, 0.3) is 0 Å². The highest BCUT2D eigenvalue weighted by Gasteiger charge is 2.25. The summed E-state index contributed by atoms with van der Waals surface area (Å²) in [4.78, 5) is 0.290. The zero-order valence-corrected chi connectivity index (χ0v) is 14.8. The van der Waals surface area contributed by atoms with Gasteiger partial charge in [-0.05, 0) is 45.7 Å². The third-order valence-corrected chi connectivity index (χ3v) is 6.03. The largest absolute Gasteiger partial charge is 0.244 e. The van der Waals surface area contributed by atoms with Gasteiger partial charge in [0.15, 0.2) is 0 Å². The Hall–Kier alpha value is -1.83. The Kier molecular flexibility index (Phi) is 5.46. The van der Waals surface area contributed by atoms with Crippen molar-refractivity contribution in [3.05, 3.63) is 52.6 Å². The smallest absolute Gasteiger partial charge is 0.207 e. The highest BCUT2D eigenvalue weighted by molar-refractivity contribution is 7.89. The molecule has 0 spiro atoms. The van der Waals surface area contributed by atoms with Crippen molar-refractivity contribution in [2.45, 2.75) is 38.5 Å². The van der Waals surface area contributed by atoms with E-state index in [4.69, 9.17) is 6.42 Å².